The van der Waals surface area contributed by atoms with Gasteiger partial charge in [0.15, 0.2) is 0 Å². The van der Waals surface area contributed by atoms with Crippen molar-refractivity contribution in [1.82, 2.24) is 0 Å². The average Bonchev–Trinajstić information content (AvgIpc) is 2.29. The van der Waals surface area contributed by atoms with Crippen molar-refractivity contribution in [2.75, 3.05) is 6.61 Å². The molecule has 1 aromatic carbocycles. The van der Waals surface area contributed by atoms with Crippen molar-refractivity contribution in [3.05, 3.63) is 34.9 Å². The second-order valence-electron chi connectivity index (χ2n) is 5.80. The summed E-state index contributed by atoms with van der Waals surface area (Å²) < 4.78 is 0. The van der Waals surface area contributed by atoms with Crippen LogP contribution in [0, 0.1) is 18.3 Å². The minimum atomic E-state index is 0.0570. The van der Waals surface area contributed by atoms with E-state index in [9.17, 15) is 5.11 Å². The Bertz CT molecular complexity index is 379. The molecular weight excluding hydrogens is 196 g/mol. The van der Waals surface area contributed by atoms with Crippen LogP contribution < -0.4 is 0 Å². The van der Waals surface area contributed by atoms with Gasteiger partial charge in [-0.05, 0) is 54.2 Å². The highest BCUT2D eigenvalue weighted by molar-refractivity contribution is 5.36. The van der Waals surface area contributed by atoms with Gasteiger partial charge < -0.3 is 5.11 Å². The standard InChI is InChI=1S/C15H22O/c1-11-5-4-6-12-9-13(7-8-14(11)12)15(2,3)10-16/h4-6,13,16H,7-10H2,1-3H3. The van der Waals surface area contributed by atoms with Crippen molar-refractivity contribution in [3.63, 3.8) is 0 Å². The predicted molar refractivity (Wildman–Crippen MR) is 67.6 cm³/mol. The minimum absolute atomic E-state index is 0.0570. The first-order chi connectivity index (χ1) is 7.54. The van der Waals surface area contributed by atoms with Gasteiger partial charge in [-0.1, -0.05) is 32.0 Å². The molecule has 1 unspecified atom stereocenters. The summed E-state index contributed by atoms with van der Waals surface area (Å²) in [6, 6.07) is 6.61. The lowest BCUT2D eigenvalue weighted by atomic mass is 9.69. The molecule has 0 spiro atoms. The molecule has 0 bridgehead atoms. The number of rotatable bonds is 2. The van der Waals surface area contributed by atoms with Gasteiger partial charge >= 0.3 is 0 Å². The summed E-state index contributed by atoms with van der Waals surface area (Å²) in [4.78, 5) is 0. The first-order valence-electron chi connectivity index (χ1n) is 6.23. The van der Waals surface area contributed by atoms with E-state index in [0.29, 0.717) is 12.5 Å². The van der Waals surface area contributed by atoms with Crippen LogP contribution in [0.2, 0.25) is 0 Å². The molecule has 88 valence electrons. The SMILES string of the molecule is Cc1cccc2c1CCC(C(C)(C)CO)C2. The molecule has 0 heterocycles. The van der Waals surface area contributed by atoms with E-state index < -0.39 is 0 Å². The summed E-state index contributed by atoms with van der Waals surface area (Å²) in [5.74, 6) is 0.617. The fraction of sp³-hybridized carbons (Fsp3) is 0.600. The van der Waals surface area contributed by atoms with Crippen LogP contribution in [0.3, 0.4) is 0 Å². The van der Waals surface area contributed by atoms with Crippen LogP contribution in [-0.4, -0.2) is 11.7 Å². The van der Waals surface area contributed by atoms with Gasteiger partial charge in [0, 0.05) is 6.61 Å². The fourth-order valence-electron chi connectivity index (χ4n) is 2.79. The molecule has 0 saturated heterocycles. The number of hydrogen-bond acceptors (Lipinski definition) is 1. The molecule has 1 atom stereocenters. The molecule has 0 fully saturated rings. The second-order valence-corrected chi connectivity index (χ2v) is 5.80. The molecule has 2 rings (SSSR count). The van der Waals surface area contributed by atoms with E-state index in [1.807, 2.05) is 0 Å². The van der Waals surface area contributed by atoms with Crippen molar-refractivity contribution in [3.8, 4) is 0 Å². The van der Waals surface area contributed by atoms with Crippen molar-refractivity contribution in [2.24, 2.45) is 11.3 Å². The Kier molecular flexibility index (Phi) is 3.07. The zero-order valence-electron chi connectivity index (χ0n) is 10.6. The lowest BCUT2D eigenvalue weighted by molar-refractivity contribution is 0.0874. The summed E-state index contributed by atoms with van der Waals surface area (Å²) in [5, 5.41) is 9.45. The van der Waals surface area contributed by atoms with Crippen molar-refractivity contribution < 1.29 is 5.11 Å². The minimum Gasteiger partial charge on any atom is -0.396 e. The summed E-state index contributed by atoms with van der Waals surface area (Å²) in [6.07, 6.45) is 3.52. The molecule has 16 heavy (non-hydrogen) atoms. The van der Waals surface area contributed by atoms with Gasteiger partial charge in [-0.2, -0.15) is 0 Å². The van der Waals surface area contributed by atoms with Crippen LogP contribution in [0.4, 0.5) is 0 Å². The van der Waals surface area contributed by atoms with E-state index >= 15 is 0 Å². The molecule has 0 aromatic heterocycles. The van der Waals surface area contributed by atoms with Crippen molar-refractivity contribution in [1.29, 1.82) is 0 Å². The Balaban J connectivity index is 2.25. The summed E-state index contributed by atoms with van der Waals surface area (Å²) in [6.45, 7) is 6.85. The molecule has 1 aliphatic carbocycles. The van der Waals surface area contributed by atoms with Gasteiger partial charge in [0.2, 0.25) is 0 Å². The summed E-state index contributed by atoms with van der Waals surface area (Å²) in [5.41, 5.74) is 4.53. The smallest absolute Gasteiger partial charge is 0.0484 e. The van der Waals surface area contributed by atoms with Gasteiger partial charge in [0.1, 0.15) is 0 Å². The fourth-order valence-corrected chi connectivity index (χ4v) is 2.79. The average molecular weight is 218 g/mol. The maximum Gasteiger partial charge on any atom is 0.0484 e. The molecule has 1 nitrogen and oxygen atoms in total. The van der Waals surface area contributed by atoms with E-state index in [2.05, 4.69) is 39.0 Å². The first kappa shape index (κ1) is 11.7. The van der Waals surface area contributed by atoms with Crippen LogP contribution in [0.15, 0.2) is 18.2 Å². The molecule has 0 radical (unpaired) electrons. The first-order valence-corrected chi connectivity index (χ1v) is 6.23. The lowest BCUT2D eigenvalue weighted by Crippen LogP contribution is -2.32. The quantitative estimate of drug-likeness (QED) is 0.808. The Labute approximate surface area is 98.5 Å². The van der Waals surface area contributed by atoms with Crippen LogP contribution in [0.5, 0.6) is 0 Å². The zero-order valence-corrected chi connectivity index (χ0v) is 10.6. The highest BCUT2D eigenvalue weighted by atomic mass is 16.3. The third-order valence-electron chi connectivity index (χ3n) is 4.23. The number of fused-ring (bicyclic) bond motifs is 1. The Morgan fingerprint density at radius 3 is 2.81 bits per heavy atom. The van der Waals surface area contributed by atoms with Crippen LogP contribution in [-0.2, 0) is 12.8 Å². The number of hydrogen-bond donors (Lipinski definition) is 1. The van der Waals surface area contributed by atoms with E-state index in [0.717, 1.165) is 6.42 Å². The highest BCUT2D eigenvalue weighted by Crippen LogP contribution is 2.37. The maximum absolute atomic E-state index is 9.45. The number of aliphatic hydroxyl groups is 1. The van der Waals surface area contributed by atoms with Gasteiger partial charge in [0.05, 0.1) is 0 Å². The molecule has 0 aliphatic heterocycles. The van der Waals surface area contributed by atoms with Gasteiger partial charge in [-0.3, -0.25) is 0 Å². The van der Waals surface area contributed by atoms with E-state index in [1.54, 1.807) is 5.56 Å². The van der Waals surface area contributed by atoms with Crippen molar-refractivity contribution >= 4 is 0 Å². The van der Waals surface area contributed by atoms with Crippen LogP contribution >= 0.6 is 0 Å². The lowest BCUT2D eigenvalue weighted by Gasteiger charge is -2.36. The van der Waals surface area contributed by atoms with Gasteiger partial charge in [-0.25, -0.2) is 0 Å². The zero-order chi connectivity index (χ0) is 11.8. The molecule has 1 N–H and O–H groups in total. The molecule has 1 aromatic rings. The van der Waals surface area contributed by atoms with Gasteiger partial charge in [-0.15, -0.1) is 0 Å². The van der Waals surface area contributed by atoms with Gasteiger partial charge in [0.25, 0.3) is 0 Å². The molecule has 0 saturated carbocycles. The predicted octanol–water partition coefficient (Wildman–Crippen LogP) is 3.12. The Morgan fingerprint density at radius 2 is 2.12 bits per heavy atom. The molecule has 1 aliphatic rings. The normalized spacial score (nSPS) is 20.6. The van der Waals surface area contributed by atoms with E-state index in [-0.39, 0.29) is 5.41 Å². The second kappa shape index (κ2) is 4.21. The van der Waals surface area contributed by atoms with E-state index in [1.165, 1.54) is 24.0 Å². The topological polar surface area (TPSA) is 20.2 Å². The number of aryl methyl sites for hydroxylation is 1. The number of aliphatic hydroxyl groups excluding tert-OH is 1. The summed E-state index contributed by atoms with van der Waals surface area (Å²) in [7, 11) is 0. The van der Waals surface area contributed by atoms with Crippen molar-refractivity contribution in [2.45, 2.75) is 40.0 Å². The van der Waals surface area contributed by atoms with Crippen LogP contribution in [0.1, 0.15) is 37.0 Å². The third kappa shape index (κ3) is 2.01. The molecule has 0 amide bonds. The molecular formula is C15H22O. The number of benzene rings is 1. The van der Waals surface area contributed by atoms with Crippen LogP contribution in [0.25, 0.3) is 0 Å². The largest absolute Gasteiger partial charge is 0.396 e. The van der Waals surface area contributed by atoms with E-state index in [4.69, 9.17) is 0 Å². The Morgan fingerprint density at radius 1 is 1.38 bits per heavy atom. The highest BCUT2D eigenvalue weighted by Gasteiger charge is 2.31. The Hall–Kier alpha value is -0.820. The third-order valence-corrected chi connectivity index (χ3v) is 4.23. The maximum atomic E-state index is 9.45. The monoisotopic (exact) mass is 218 g/mol. The molecule has 1 heteroatoms. The summed E-state index contributed by atoms with van der Waals surface area (Å²) >= 11 is 0.